The van der Waals surface area contributed by atoms with Gasteiger partial charge in [0.2, 0.25) is 0 Å². The first-order valence-corrected chi connectivity index (χ1v) is 5.26. The number of nitrogens with zero attached hydrogens (tertiary/aromatic N) is 3. The normalized spacial score (nSPS) is 12.8. The van der Waals surface area contributed by atoms with Crippen LogP contribution < -0.4 is 0 Å². The van der Waals surface area contributed by atoms with Crippen LogP contribution in [0, 0.1) is 6.92 Å². The molecule has 0 unspecified atom stereocenters. The quantitative estimate of drug-likeness (QED) is 0.752. The van der Waals surface area contributed by atoms with Crippen molar-refractivity contribution >= 4 is 0 Å². The average molecular weight is 295 g/mol. The molecule has 20 heavy (non-hydrogen) atoms. The predicted octanol–water partition coefficient (Wildman–Crippen LogP) is 3.61. The number of halogens is 6. The molecule has 0 spiro atoms. The molecule has 2 aromatic rings. The van der Waals surface area contributed by atoms with Gasteiger partial charge in [0.05, 0.1) is 28.7 Å². The highest BCUT2D eigenvalue weighted by molar-refractivity contribution is 5.42. The first-order valence-electron chi connectivity index (χ1n) is 5.26. The van der Waals surface area contributed by atoms with E-state index >= 15 is 0 Å². The van der Waals surface area contributed by atoms with E-state index in [2.05, 4.69) is 10.3 Å². The smallest absolute Gasteiger partial charge is 0.218 e. The van der Waals surface area contributed by atoms with Gasteiger partial charge in [-0.15, -0.1) is 5.10 Å². The number of benzene rings is 1. The van der Waals surface area contributed by atoms with Gasteiger partial charge in [0.15, 0.2) is 0 Å². The molecule has 0 radical (unpaired) electrons. The molecule has 0 aliphatic carbocycles. The molecule has 0 saturated carbocycles. The first-order chi connectivity index (χ1) is 9.09. The maximum absolute atomic E-state index is 12.7. The lowest BCUT2D eigenvalue weighted by Crippen LogP contribution is -2.13. The molecule has 0 bridgehead atoms. The molecular weight excluding hydrogens is 288 g/mol. The van der Waals surface area contributed by atoms with Gasteiger partial charge in [0.1, 0.15) is 0 Å². The minimum atomic E-state index is -4.88. The summed E-state index contributed by atoms with van der Waals surface area (Å²) in [5.74, 6) is 0. The standard InChI is InChI=1S/C11H7F6N3/c1-6-5-18-19-20(6)9-3-7(10(12,13)14)2-8(4-9)11(15,16)17/h2-5H,1H3. The lowest BCUT2D eigenvalue weighted by atomic mass is 10.1. The van der Waals surface area contributed by atoms with Crippen LogP contribution in [-0.2, 0) is 12.4 Å². The summed E-state index contributed by atoms with van der Waals surface area (Å²) in [4.78, 5) is 0. The van der Waals surface area contributed by atoms with Gasteiger partial charge in [-0.3, -0.25) is 0 Å². The van der Waals surface area contributed by atoms with E-state index in [1.165, 1.54) is 13.1 Å². The Morgan fingerprint density at radius 3 is 1.75 bits per heavy atom. The largest absolute Gasteiger partial charge is 0.416 e. The van der Waals surface area contributed by atoms with E-state index in [4.69, 9.17) is 0 Å². The topological polar surface area (TPSA) is 30.7 Å². The molecule has 2 rings (SSSR count). The van der Waals surface area contributed by atoms with Crippen LogP contribution in [-0.4, -0.2) is 15.0 Å². The Balaban J connectivity index is 2.67. The molecule has 1 heterocycles. The van der Waals surface area contributed by atoms with Gasteiger partial charge in [-0.2, -0.15) is 26.3 Å². The van der Waals surface area contributed by atoms with Crippen LogP contribution in [0.4, 0.5) is 26.3 Å². The fourth-order valence-electron chi connectivity index (χ4n) is 1.60. The number of hydrogen-bond acceptors (Lipinski definition) is 2. The Labute approximate surface area is 108 Å². The summed E-state index contributed by atoms with van der Waals surface area (Å²) >= 11 is 0. The molecule has 1 aromatic carbocycles. The molecule has 9 heteroatoms. The van der Waals surface area contributed by atoms with Crippen molar-refractivity contribution in [3.63, 3.8) is 0 Å². The van der Waals surface area contributed by atoms with Crippen LogP contribution in [0.1, 0.15) is 16.8 Å². The van der Waals surface area contributed by atoms with Crippen molar-refractivity contribution in [1.29, 1.82) is 0 Å². The molecule has 0 amide bonds. The van der Waals surface area contributed by atoms with Crippen molar-refractivity contribution in [2.24, 2.45) is 0 Å². The van der Waals surface area contributed by atoms with Gasteiger partial charge in [0, 0.05) is 0 Å². The second-order valence-corrected chi connectivity index (χ2v) is 4.05. The molecule has 0 fully saturated rings. The van der Waals surface area contributed by atoms with Crippen LogP contribution in [0.2, 0.25) is 0 Å². The maximum Gasteiger partial charge on any atom is 0.416 e. The lowest BCUT2D eigenvalue weighted by molar-refractivity contribution is -0.143. The van der Waals surface area contributed by atoms with Gasteiger partial charge >= 0.3 is 12.4 Å². The van der Waals surface area contributed by atoms with Crippen LogP contribution in [0.25, 0.3) is 5.69 Å². The molecule has 3 nitrogen and oxygen atoms in total. The van der Waals surface area contributed by atoms with Crippen molar-refractivity contribution < 1.29 is 26.3 Å². The Bertz CT molecular complexity index is 594. The van der Waals surface area contributed by atoms with Gasteiger partial charge in [-0.05, 0) is 25.1 Å². The predicted molar refractivity (Wildman–Crippen MR) is 56.1 cm³/mol. The zero-order valence-corrected chi connectivity index (χ0v) is 9.92. The third kappa shape index (κ3) is 2.75. The van der Waals surface area contributed by atoms with Gasteiger partial charge in [-0.1, -0.05) is 5.21 Å². The average Bonchev–Trinajstić information content (AvgIpc) is 2.72. The maximum atomic E-state index is 12.7. The summed E-state index contributed by atoms with van der Waals surface area (Å²) in [5.41, 5.74) is -2.81. The molecule has 0 aliphatic heterocycles. The van der Waals surface area contributed by atoms with E-state index in [-0.39, 0.29) is 11.8 Å². The second-order valence-electron chi connectivity index (χ2n) is 4.05. The van der Waals surface area contributed by atoms with Gasteiger partial charge in [-0.25, -0.2) is 4.68 Å². The van der Waals surface area contributed by atoms with Crippen molar-refractivity contribution in [2.45, 2.75) is 19.3 Å². The summed E-state index contributed by atoms with van der Waals surface area (Å²) in [7, 11) is 0. The summed E-state index contributed by atoms with van der Waals surface area (Å²) in [5, 5.41) is 6.90. The number of aryl methyl sites for hydroxylation is 1. The van der Waals surface area contributed by atoms with Crippen LogP contribution in [0.15, 0.2) is 24.4 Å². The molecule has 0 aliphatic rings. The number of rotatable bonds is 1. The van der Waals surface area contributed by atoms with E-state index in [1.54, 1.807) is 0 Å². The van der Waals surface area contributed by atoms with E-state index in [0.29, 0.717) is 17.8 Å². The first kappa shape index (κ1) is 14.4. The van der Waals surface area contributed by atoms with Crippen molar-refractivity contribution in [3.05, 3.63) is 41.2 Å². The van der Waals surface area contributed by atoms with Gasteiger partial charge < -0.3 is 0 Å². The minimum absolute atomic E-state index is 0.0652. The van der Waals surface area contributed by atoms with Crippen LogP contribution in [0.5, 0.6) is 0 Å². The lowest BCUT2D eigenvalue weighted by Gasteiger charge is -2.14. The Morgan fingerprint density at radius 2 is 1.40 bits per heavy atom. The van der Waals surface area contributed by atoms with E-state index in [9.17, 15) is 26.3 Å². The zero-order valence-electron chi connectivity index (χ0n) is 9.92. The zero-order chi connectivity index (χ0) is 15.1. The van der Waals surface area contributed by atoms with Crippen LogP contribution >= 0.6 is 0 Å². The summed E-state index contributed by atoms with van der Waals surface area (Å²) < 4.78 is 76.9. The van der Waals surface area contributed by atoms with Crippen LogP contribution in [0.3, 0.4) is 0 Å². The minimum Gasteiger partial charge on any atom is -0.218 e. The highest BCUT2D eigenvalue weighted by Crippen LogP contribution is 2.37. The molecule has 0 N–H and O–H groups in total. The Morgan fingerprint density at radius 1 is 0.900 bits per heavy atom. The summed E-state index contributed by atoms with van der Waals surface area (Å²) in [6.45, 7) is 1.47. The monoisotopic (exact) mass is 295 g/mol. The molecule has 0 atom stereocenters. The number of hydrogen-bond donors (Lipinski definition) is 0. The molecule has 0 saturated heterocycles. The molecular formula is C11H7F6N3. The third-order valence-corrected chi connectivity index (χ3v) is 2.54. The van der Waals surface area contributed by atoms with E-state index in [1.807, 2.05) is 0 Å². The fourth-order valence-corrected chi connectivity index (χ4v) is 1.60. The molecule has 1 aromatic heterocycles. The van der Waals surface area contributed by atoms with Gasteiger partial charge in [0.25, 0.3) is 0 Å². The number of alkyl halides is 6. The SMILES string of the molecule is Cc1cnnn1-c1cc(C(F)(F)F)cc(C(F)(F)F)c1. The summed E-state index contributed by atoms with van der Waals surface area (Å²) in [6, 6.07) is 1.25. The second kappa shape index (κ2) is 4.50. The van der Waals surface area contributed by atoms with Crippen molar-refractivity contribution in [2.75, 3.05) is 0 Å². The van der Waals surface area contributed by atoms with Crippen molar-refractivity contribution in [3.8, 4) is 5.69 Å². The summed E-state index contributed by atoms with van der Waals surface area (Å²) in [6.07, 6.45) is -8.54. The van der Waals surface area contributed by atoms with E-state index in [0.717, 1.165) is 4.68 Å². The Kier molecular flexibility index (Phi) is 3.23. The third-order valence-electron chi connectivity index (χ3n) is 2.54. The number of aromatic nitrogens is 3. The van der Waals surface area contributed by atoms with Crippen molar-refractivity contribution in [1.82, 2.24) is 15.0 Å². The Hall–Kier alpha value is -2.06. The fraction of sp³-hybridized carbons (Fsp3) is 0.273. The van der Waals surface area contributed by atoms with E-state index < -0.39 is 23.5 Å². The highest BCUT2D eigenvalue weighted by Gasteiger charge is 2.37. The highest BCUT2D eigenvalue weighted by atomic mass is 19.4. The molecule has 108 valence electrons.